The molecule has 2 nitrogen and oxygen atoms in total. The molecule has 1 amide bonds. The number of hydrogen-bond donors (Lipinski definition) is 0. The highest BCUT2D eigenvalue weighted by molar-refractivity contribution is 5.78. The van der Waals surface area contributed by atoms with Gasteiger partial charge in [0.15, 0.2) is 0 Å². The summed E-state index contributed by atoms with van der Waals surface area (Å²) in [6.07, 6.45) is 6.56. The number of halogens is 1. The van der Waals surface area contributed by atoms with Crippen LogP contribution in [0.1, 0.15) is 26.7 Å². The van der Waals surface area contributed by atoms with Crippen LogP contribution in [-0.4, -0.2) is 23.9 Å². The lowest BCUT2D eigenvalue weighted by Gasteiger charge is -2.28. The van der Waals surface area contributed by atoms with Gasteiger partial charge in [0.1, 0.15) is 5.83 Å². The SMILES string of the molecule is C=C(F)/C=C\C(=C)C1=CCN(C(=O)C(C)CC)CC1. The Morgan fingerprint density at radius 2 is 2.21 bits per heavy atom. The van der Waals surface area contributed by atoms with Gasteiger partial charge in [0.05, 0.1) is 0 Å². The van der Waals surface area contributed by atoms with Crippen LogP contribution >= 0.6 is 0 Å². The minimum atomic E-state index is -0.480. The maximum Gasteiger partial charge on any atom is 0.225 e. The van der Waals surface area contributed by atoms with E-state index in [4.69, 9.17) is 0 Å². The van der Waals surface area contributed by atoms with E-state index < -0.39 is 5.83 Å². The second kappa shape index (κ2) is 7.07. The van der Waals surface area contributed by atoms with Crippen molar-refractivity contribution in [1.82, 2.24) is 4.90 Å². The number of nitrogens with zero attached hydrogens (tertiary/aromatic N) is 1. The molecule has 0 spiro atoms. The van der Waals surface area contributed by atoms with Crippen LogP contribution in [0.25, 0.3) is 0 Å². The maximum absolute atomic E-state index is 12.5. The molecule has 1 aliphatic rings. The van der Waals surface area contributed by atoms with Gasteiger partial charge in [0.25, 0.3) is 0 Å². The third-order valence-electron chi connectivity index (χ3n) is 3.43. The van der Waals surface area contributed by atoms with E-state index in [2.05, 4.69) is 13.2 Å². The summed E-state index contributed by atoms with van der Waals surface area (Å²) in [6.45, 7) is 12.4. The van der Waals surface area contributed by atoms with Crippen molar-refractivity contribution in [3.05, 3.63) is 48.4 Å². The smallest absolute Gasteiger partial charge is 0.225 e. The van der Waals surface area contributed by atoms with E-state index in [1.807, 2.05) is 24.8 Å². The van der Waals surface area contributed by atoms with Crippen molar-refractivity contribution >= 4 is 5.91 Å². The van der Waals surface area contributed by atoms with Crippen molar-refractivity contribution < 1.29 is 9.18 Å². The molecule has 1 rings (SSSR count). The highest BCUT2D eigenvalue weighted by Crippen LogP contribution is 2.20. The summed E-state index contributed by atoms with van der Waals surface area (Å²) >= 11 is 0. The van der Waals surface area contributed by atoms with Gasteiger partial charge in [-0.1, -0.05) is 39.2 Å². The minimum absolute atomic E-state index is 0.0768. The van der Waals surface area contributed by atoms with Crippen LogP contribution in [0, 0.1) is 5.92 Å². The Balaban J connectivity index is 2.61. The number of carbonyl (C=O) groups excluding carboxylic acids is 1. The van der Waals surface area contributed by atoms with E-state index in [1.54, 1.807) is 6.08 Å². The summed E-state index contributed by atoms with van der Waals surface area (Å²) in [5, 5.41) is 0. The van der Waals surface area contributed by atoms with Crippen LogP contribution in [0.2, 0.25) is 0 Å². The molecule has 1 unspecified atom stereocenters. The van der Waals surface area contributed by atoms with Gasteiger partial charge in [-0.15, -0.1) is 0 Å². The molecule has 0 radical (unpaired) electrons. The topological polar surface area (TPSA) is 20.3 Å². The van der Waals surface area contributed by atoms with Gasteiger partial charge in [0, 0.05) is 19.0 Å². The van der Waals surface area contributed by atoms with Gasteiger partial charge in [-0.05, 0) is 30.1 Å². The number of allylic oxidation sites excluding steroid dienone is 4. The first kappa shape index (κ1) is 15.4. The van der Waals surface area contributed by atoms with Crippen LogP contribution in [0.4, 0.5) is 4.39 Å². The molecule has 0 aromatic heterocycles. The zero-order valence-corrected chi connectivity index (χ0v) is 11.8. The molecule has 0 bridgehead atoms. The van der Waals surface area contributed by atoms with Crippen LogP contribution in [0.5, 0.6) is 0 Å². The lowest BCUT2D eigenvalue weighted by Crippen LogP contribution is -2.38. The van der Waals surface area contributed by atoms with E-state index in [0.29, 0.717) is 13.1 Å². The predicted octanol–water partition coefficient (Wildman–Crippen LogP) is 3.79. The summed E-state index contributed by atoms with van der Waals surface area (Å²) in [6, 6.07) is 0. The fourth-order valence-corrected chi connectivity index (χ4v) is 1.95. The molecule has 0 N–H and O–H groups in total. The third kappa shape index (κ3) is 4.51. The second-order valence-corrected chi connectivity index (χ2v) is 4.88. The standard InChI is InChI=1S/C16H22FNO/c1-5-12(2)16(19)18-10-8-15(9-11-18)13(3)6-7-14(4)17/h6-8,12H,3-5,9-11H2,1-2H3/b7-6-. The molecule has 0 aliphatic carbocycles. The average molecular weight is 263 g/mol. The number of rotatable bonds is 5. The number of hydrogen-bond acceptors (Lipinski definition) is 1. The quantitative estimate of drug-likeness (QED) is 0.691. The summed E-state index contributed by atoms with van der Waals surface area (Å²) in [5.74, 6) is -0.199. The van der Waals surface area contributed by atoms with Gasteiger partial charge >= 0.3 is 0 Å². The molecule has 0 fully saturated rings. The van der Waals surface area contributed by atoms with Crippen LogP contribution in [0.3, 0.4) is 0 Å². The van der Waals surface area contributed by atoms with Gasteiger partial charge < -0.3 is 4.90 Å². The molecule has 1 atom stereocenters. The lowest BCUT2D eigenvalue weighted by molar-refractivity contribution is -0.134. The Morgan fingerprint density at radius 3 is 2.68 bits per heavy atom. The monoisotopic (exact) mass is 263 g/mol. The molecule has 1 aliphatic heterocycles. The van der Waals surface area contributed by atoms with E-state index in [9.17, 15) is 9.18 Å². The number of amides is 1. The van der Waals surface area contributed by atoms with E-state index in [1.165, 1.54) is 6.08 Å². The molecule has 0 saturated carbocycles. The summed E-state index contributed by atoms with van der Waals surface area (Å²) < 4.78 is 12.5. The van der Waals surface area contributed by atoms with Crippen molar-refractivity contribution in [2.75, 3.05) is 13.1 Å². The molecule has 3 heteroatoms. The Kier molecular flexibility index (Phi) is 5.74. The fraction of sp³-hybridized carbons (Fsp3) is 0.438. The third-order valence-corrected chi connectivity index (χ3v) is 3.43. The Bertz CT molecular complexity index is 434. The molecular weight excluding hydrogens is 241 g/mol. The lowest BCUT2D eigenvalue weighted by atomic mass is 9.99. The largest absolute Gasteiger partial charge is 0.338 e. The first-order valence-corrected chi connectivity index (χ1v) is 6.65. The first-order valence-electron chi connectivity index (χ1n) is 6.65. The molecule has 104 valence electrons. The average Bonchev–Trinajstić information content (AvgIpc) is 2.43. The minimum Gasteiger partial charge on any atom is -0.338 e. The van der Waals surface area contributed by atoms with Crippen molar-refractivity contribution in [2.24, 2.45) is 5.92 Å². The first-order chi connectivity index (χ1) is 8.95. The van der Waals surface area contributed by atoms with E-state index in [-0.39, 0.29) is 11.8 Å². The van der Waals surface area contributed by atoms with Crippen molar-refractivity contribution in [2.45, 2.75) is 26.7 Å². The summed E-state index contributed by atoms with van der Waals surface area (Å²) in [4.78, 5) is 13.9. The summed E-state index contributed by atoms with van der Waals surface area (Å²) in [7, 11) is 0. The molecular formula is C16H22FNO. The van der Waals surface area contributed by atoms with Gasteiger partial charge in [0.2, 0.25) is 5.91 Å². The zero-order valence-electron chi connectivity index (χ0n) is 11.8. The fourth-order valence-electron chi connectivity index (χ4n) is 1.95. The van der Waals surface area contributed by atoms with Crippen molar-refractivity contribution in [3.8, 4) is 0 Å². The second-order valence-electron chi connectivity index (χ2n) is 4.88. The molecule has 1 heterocycles. The van der Waals surface area contributed by atoms with E-state index >= 15 is 0 Å². The molecule has 0 aromatic rings. The Hall–Kier alpha value is -1.64. The van der Waals surface area contributed by atoms with Gasteiger partial charge in [-0.3, -0.25) is 4.79 Å². The van der Waals surface area contributed by atoms with Crippen LogP contribution < -0.4 is 0 Å². The van der Waals surface area contributed by atoms with Gasteiger partial charge in [-0.25, -0.2) is 4.39 Å². The van der Waals surface area contributed by atoms with Gasteiger partial charge in [-0.2, -0.15) is 0 Å². The zero-order chi connectivity index (χ0) is 14.4. The van der Waals surface area contributed by atoms with Crippen molar-refractivity contribution in [1.29, 1.82) is 0 Å². The molecule has 0 saturated heterocycles. The van der Waals surface area contributed by atoms with Crippen molar-refractivity contribution in [3.63, 3.8) is 0 Å². The van der Waals surface area contributed by atoms with Crippen LogP contribution in [0.15, 0.2) is 48.4 Å². The van der Waals surface area contributed by atoms with E-state index in [0.717, 1.165) is 24.0 Å². The normalized spacial score (nSPS) is 17.2. The van der Waals surface area contributed by atoms with Crippen LogP contribution in [-0.2, 0) is 4.79 Å². The Morgan fingerprint density at radius 1 is 1.53 bits per heavy atom. The number of carbonyl (C=O) groups is 1. The Labute approximate surface area is 115 Å². The highest BCUT2D eigenvalue weighted by atomic mass is 19.1. The molecule has 0 aromatic carbocycles. The molecule has 19 heavy (non-hydrogen) atoms. The summed E-state index contributed by atoms with van der Waals surface area (Å²) in [5.41, 5.74) is 1.86. The maximum atomic E-state index is 12.5. The highest BCUT2D eigenvalue weighted by Gasteiger charge is 2.21. The predicted molar refractivity (Wildman–Crippen MR) is 77.3 cm³/mol.